The van der Waals surface area contributed by atoms with Gasteiger partial charge < -0.3 is 10.2 Å². The summed E-state index contributed by atoms with van der Waals surface area (Å²) in [7, 11) is 0. The molecule has 1 unspecified atom stereocenters. The molecule has 18 heavy (non-hydrogen) atoms. The Kier molecular flexibility index (Phi) is 4.23. The third kappa shape index (κ3) is 2.66. The van der Waals surface area contributed by atoms with Crippen LogP contribution in [0, 0.1) is 0 Å². The predicted octanol–water partition coefficient (Wildman–Crippen LogP) is 3.13. The third-order valence-corrected chi connectivity index (χ3v) is 3.61. The summed E-state index contributed by atoms with van der Waals surface area (Å²) in [5, 5.41) is 3.58. The van der Waals surface area contributed by atoms with Crippen LogP contribution in [0.2, 0.25) is 0 Å². The second kappa shape index (κ2) is 5.70. The lowest BCUT2D eigenvalue weighted by molar-refractivity contribution is 0.581. The fraction of sp³-hybridized carbons (Fsp3) is 0.667. The zero-order chi connectivity index (χ0) is 13.1. The number of pyridine rings is 1. The van der Waals surface area contributed by atoms with E-state index >= 15 is 0 Å². The Morgan fingerprint density at radius 3 is 2.56 bits per heavy atom. The zero-order valence-corrected chi connectivity index (χ0v) is 12.0. The van der Waals surface area contributed by atoms with Crippen LogP contribution in [0.3, 0.4) is 0 Å². The van der Waals surface area contributed by atoms with E-state index in [9.17, 15) is 0 Å². The van der Waals surface area contributed by atoms with Crippen LogP contribution in [-0.2, 0) is 0 Å². The minimum atomic E-state index is 0.472. The summed E-state index contributed by atoms with van der Waals surface area (Å²) >= 11 is 0. The first kappa shape index (κ1) is 13.3. The van der Waals surface area contributed by atoms with Gasteiger partial charge in [0.15, 0.2) is 0 Å². The number of rotatable bonds is 4. The smallest absolute Gasteiger partial charge is 0.133 e. The average Bonchev–Trinajstić information content (AvgIpc) is 2.82. The number of hydrogen-bond acceptors (Lipinski definition) is 3. The van der Waals surface area contributed by atoms with Gasteiger partial charge in [-0.05, 0) is 53.1 Å². The number of anilines is 1. The summed E-state index contributed by atoms with van der Waals surface area (Å²) in [6.45, 7) is 10.1. The van der Waals surface area contributed by atoms with Crippen LogP contribution in [0.5, 0.6) is 0 Å². The molecule has 2 rings (SSSR count). The van der Waals surface area contributed by atoms with Gasteiger partial charge >= 0.3 is 0 Å². The van der Waals surface area contributed by atoms with Crippen molar-refractivity contribution < 1.29 is 0 Å². The third-order valence-electron chi connectivity index (χ3n) is 3.61. The van der Waals surface area contributed by atoms with Gasteiger partial charge in [0.1, 0.15) is 5.82 Å². The van der Waals surface area contributed by atoms with E-state index in [4.69, 9.17) is 0 Å². The van der Waals surface area contributed by atoms with Crippen molar-refractivity contribution in [3.63, 3.8) is 0 Å². The Morgan fingerprint density at radius 2 is 2.00 bits per heavy atom. The first-order chi connectivity index (χ1) is 8.61. The molecule has 1 aliphatic rings. The van der Waals surface area contributed by atoms with E-state index in [-0.39, 0.29) is 0 Å². The lowest BCUT2D eigenvalue weighted by atomic mass is 10.0. The molecule has 3 heteroatoms. The van der Waals surface area contributed by atoms with Crippen molar-refractivity contribution in [2.45, 2.75) is 58.7 Å². The molecule has 1 aromatic heterocycles. The topological polar surface area (TPSA) is 28.2 Å². The van der Waals surface area contributed by atoms with Crippen LogP contribution in [0.25, 0.3) is 0 Å². The van der Waals surface area contributed by atoms with Crippen LogP contribution >= 0.6 is 0 Å². The van der Waals surface area contributed by atoms with Gasteiger partial charge in [0, 0.05) is 29.9 Å². The largest absolute Gasteiger partial charge is 0.351 e. The van der Waals surface area contributed by atoms with Crippen molar-refractivity contribution in [3.8, 4) is 0 Å². The van der Waals surface area contributed by atoms with Gasteiger partial charge in [0.25, 0.3) is 0 Å². The molecule has 1 fully saturated rings. The molecular weight excluding hydrogens is 222 g/mol. The summed E-state index contributed by atoms with van der Waals surface area (Å²) in [5.74, 6) is 1.15. The highest BCUT2D eigenvalue weighted by atomic mass is 15.2. The maximum atomic E-state index is 4.65. The molecule has 0 amide bonds. The fourth-order valence-electron chi connectivity index (χ4n) is 2.93. The van der Waals surface area contributed by atoms with E-state index in [0.29, 0.717) is 18.1 Å². The Labute approximate surface area is 111 Å². The monoisotopic (exact) mass is 247 g/mol. The molecule has 1 aromatic rings. The highest BCUT2D eigenvalue weighted by Gasteiger charge is 2.24. The fourth-order valence-corrected chi connectivity index (χ4v) is 2.93. The van der Waals surface area contributed by atoms with Crippen LogP contribution in [0.4, 0.5) is 5.82 Å². The highest BCUT2D eigenvalue weighted by molar-refractivity contribution is 5.50. The number of nitrogens with one attached hydrogen (secondary N) is 1. The van der Waals surface area contributed by atoms with Gasteiger partial charge in [0.2, 0.25) is 0 Å². The van der Waals surface area contributed by atoms with E-state index in [2.05, 4.69) is 55.0 Å². The predicted molar refractivity (Wildman–Crippen MR) is 77.0 cm³/mol. The zero-order valence-electron chi connectivity index (χ0n) is 12.0. The molecule has 1 saturated heterocycles. The Morgan fingerprint density at radius 1 is 1.28 bits per heavy atom. The quantitative estimate of drug-likeness (QED) is 0.886. The first-order valence-corrected chi connectivity index (χ1v) is 7.08. The normalized spacial score (nSPS) is 19.8. The molecule has 0 aliphatic carbocycles. The van der Waals surface area contributed by atoms with Gasteiger partial charge in [-0.1, -0.05) is 6.07 Å². The second-order valence-electron chi connectivity index (χ2n) is 5.66. The molecule has 0 bridgehead atoms. The Hall–Kier alpha value is -1.09. The standard InChI is InChI=1S/C15H25N3/c1-11(2)18(12(3)4)15-13(7-5-10-17-15)14-8-6-9-16-14/h5,7,10-12,14,16H,6,8-9H2,1-4H3. The molecule has 3 nitrogen and oxygen atoms in total. The van der Waals surface area contributed by atoms with Gasteiger partial charge in [0.05, 0.1) is 0 Å². The highest BCUT2D eigenvalue weighted by Crippen LogP contribution is 2.31. The molecule has 0 aromatic carbocycles. The van der Waals surface area contributed by atoms with E-state index in [1.165, 1.54) is 18.4 Å². The maximum absolute atomic E-state index is 4.65. The molecule has 0 spiro atoms. The van der Waals surface area contributed by atoms with Gasteiger partial charge in [-0.2, -0.15) is 0 Å². The van der Waals surface area contributed by atoms with Crippen LogP contribution < -0.4 is 10.2 Å². The lowest BCUT2D eigenvalue weighted by Gasteiger charge is -2.34. The van der Waals surface area contributed by atoms with Crippen LogP contribution in [0.15, 0.2) is 18.3 Å². The summed E-state index contributed by atoms with van der Waals surface area (Å²) in [6, 6.07) is 5.70. The summed E-state index contributed by atoms with van der Waals surface area (Å²) < 4.78 is 0. The second-order valence-corrected chi connectivity index (χ2v) is 5.66. The molecule has 0 radical (unpaired) electrons. The molecule has 1 N–H and O–H groups in total. The molecule has 100 valence electrons. The molecular formula is C15H25N3. The van der Waals surface area contributed by atoms with E-state index in [0.717, 1.165) is 12.4 Å². The lowest BCUT2D eigenvalue weighted by Crippen LogP contribution is -2.38. The number of hydrogen-bond donors (Lipinski definition) is 1. The minimum Gasteiger partial charge on any atom is -0.351 e. The van der Waals surface area contributed by atoms with Crippen molar-refractivity contribution in [2.24, 2.45) is 0 Å². The van der Waals surface area contributed by atoms with Crippen molar-refractivity contribution in [2.75, 3.05) is 11.4 Å². The van der Waals surface area contributed by atoms with Gasteiger partial charge in [-0.25, -0.2) is 4.98 Å². The van der Waals surface area contributed by atoms with Crippen LogP contribution in [0.1, 0.15) is 52.1 Å². The molecule has 1 aliphatic heterocycles. The van der Waals surface area contributed by atoms with Crippen LogP contribution in [-0.4, -0.2) is 23.6 Å². The SMILES string of the molecule is CC(C)N(c1ncccc1C1CCCN1)C(C)C. The van der Waals surface area contributed by atoms with E-state index in [1.54, 1.807) is 0 Å². The minimum absolute atomic E-state index is 0.472. The summed E-state index contributed by atoms with van der Waals surface area (Å²) in [6.07, 6.45) is 4.40. The van der Waals surface area contributed by atoms with Crippen molar-refractivity contribution in [1.29, 1.82) is 0 Å². The van der Waals surface area contributed by atoms with Crippen molar-refractivity contribution in [3.05, 3.63) is 23.9 Å². The van der Waals surface area contributed by atoms with E-state index in [1.807, 2.05) is 6.20 Å². The maximum Gasteiger partial charge on any atom is 0.133 e. The van der Waals surface area contributed by atoms with Gasteiger partial charge in [-0.3, -0.25) is 0 Å². The average molecular weight is 247 g/mol. The first-order valence-electron chi connectivity index (χ1n) is 7.08. The number of aromatic nitrogens is 1. The van der Waals surface area contributed by atoms with Crippen molar-refractivity contribution >= 4 is 5.82 Å². The Bertz CT molecular complexity index is 373. The summed E-state index contributed by atoms with van der Waals surface area (Å²) in [4.78, 5) is 7.06. The summed E-state index contributed by atoms with van der Waals surface area (Å²) in [5.41, 5.74) is 1.36. The number of nitrogens with zero attached hydrogens (tertiary/aromatic N) is 2. The molecule has 2 heterocycles. The van der Waals surface area contributed by atoms with Gasteiger partial charge in [-0.15, -0.1) is 0 Å². The molecule has 0 saturated carbocycles. The molecule has 1 atom stereocenters. The van der Waals surface area contributed by atoms with E-state index < -0.39 is 0 Å². The van der Waals surface area contributed by atoms with Crippen molar-refractivity contribution in [1.82, 2.24) is 10.3 Å². The Balaban J connectivity index is 2.36.